The number of halogens is 3. The number of ether oxygens (including phenoxy) is 1. The minimum atomic E-state index is -4.43. The topological polar surface area (TPSA) is 92.7 Å². The molecule has 0 bridgehead atoms. The van der Waals surface area contributed by atoms with Crippen LogP contribution in [0.5, 0.6) is 11.6 Å². The van der Waals surface area contributed by atoms with Crippen molar-refractivity contribution >= 4 is 28.5 Å². The number of imidazole rings is 1. The van der Waals surface area contributed by atoms with Gasteiger partial charge in [-0.3, -0.25) is 5.10 Å². The highest BCUT2D eigenvalue weighted by molar-refractivity contribution is 5.83. The third-order valence-corrected chi connectivity index (χ3v) is 5.52. The third kappa shape index (κ3) is 5.09. The van der Waals surface area contributed by atoms with Crippen molar-refractivity contribution in [1.29, 1.82) is 0 Å². The first-order valence-corrected chi connectivity index (χ1v) is 11.0. The van der Waals surface area contributed by atoms with E-state index in [1.807, 2.05) is 54.9 Å². The summed E-state index contributed by atoms with van der Waals surface area (Å²) in [5.74, 6) is 2.02. The molecule has 0 radical (unpaired) electrons. The van der Waals surface area contributed by atoms with E-state index < -0.39 is 11.7 Å². The van der Waals surface area contributed by atoms with Gasteiger partial charge in [0, 0.05) is 43.3 Å². The Balaban J connectivity index is 1.22. The van der Waals surface area contributed by atoms with Crippen molar-refractivity contribution in [2.75, 3.05) is 10.6 Å². The molecule has 8 nitrogen and oxygen atoms in total. The van der Waals surface area contributed by atoms with Crippen LogP contribution in [-0.2, 0) is 19.8 Å². The number of aromatic nitrogens is 5. The van der Waals surface area contributed by atoms with E-state index in [0.717, 1.165) is 46.1 Å². The molecule has 0 spiro atoms. The quantitative estimate of drug-likeness (QED) is 0.251. The summed E-state index contributed by atoms with van der Waals surface area (Å²) >= 11 is 0. The van der Waals surface area contributed by atoms with Gasteiger partial charge in [0.2, 0.25) is 11.8 Å². The number of hydrogen-bond donors (Lipinski definition) is 3. The maximum absolute atomic E-state index is 12.7. The van der Waals surface area contributed by atoms with Gasteiger partial charge in [-0.15, -0.1) is 0 Å². The van der Waals surface area contributed by atoms with E-state index in [1.54, 1.807) is 12.1 Å². The van der Waals surface area contributed by atoms with Crippen LogP contribution in [0.2, 0.25) is 0 Å². The predicted octanol–water partition coefficient (Wildman–Crippen LogP) is 6.17. The van der Waals surface area contributed by atoms with Gasteiger partial charge in [0.05, 0.1) is 16.6 Å². The van der Waals surface area contributed by atoms with E-state index in [2.05, 4.69) is 30.8 Å². The molecule has 0 fully saturated rings. The minimum absolute atomic E-state index is 0.0878. The molecule has 184 valence electrons. The summed E-state index contributed by atoms with van der Waals surface area (Å²) in [6, 6.07) is 17.2. The molecule has 3 aromatic heterocycles. The summed E-state index contributed by atoms with van der Waals surface area (Å²) in [6.07, 6.45) is -3.68. The summed E-state index contributed by atoms with van der Waals surface area (Å²) in [7, 11) is 1.94. The lowest BCUT2D eigenvalue weighted by Crippen LogP contribution is -2.05. The SMILES string of the molecule is Cc1cc(Nc2ccc3nc(NCc4ccc(Oc5ccc(C(F)(F)F)cn5)cc4)n(C)c3c2)n[nH]1. The van der Waals surface area contributed by atoms with Crippen LogP contribution in [0.15, 0.2) is 66.9 Å². The van der Waals surface area contributed by atoms with E-state index in [1.165, 1.54) is 6.07 Å². The zero-order chi connectivity index (χ0) is 25.3. The highest BCUT2D eigenvalue weighted by Crippen LogP contribution is 2.30. The Morgan fingerprint density at radius 2 is 1.83 bits per heavy atom. The minimum Gasteiger partial charge on any atom is -0.439 e. The highest BCUT2D eigenvalue weighted by Gasteiger charge is 2.30. The molecule has 0 atom stereocenters. The van der Waals surface area contributed by atoms with Crippen LogP contribution < -0.4 is 15.4 Å². The van der Waals surface area contributed by atoms with Crippen LogP contribution in [0.4, 0.5) is 30.6 Å². The summed E-state index contributed by atoms with van der Waals surface area (Å²) in [4.78, 5) is 8.39. The molecule has 5 aromatic rings. The molecule has 3 N–H and O–H groups in total. The van der Waals surface area contributed by atoms with Crippen LogP contribution >= 0.6 is 0 Å². The van der Waals surface area contributed by atoms with Crippen molar-refractivity contribution < 1.29 is 17.9 Å². The molecule has 0 unspecified atom stereocenters. The Bertz CT molecular complexity index is 1490. The summed E-state index contributed by atoms with van der Waals surface area (Å²) in [5.41, 5.74) is 3.85. The molecule has 11 heteroatoms. The monoisotopic (exact) mass is 493 g/mol. The van der Waals surface area contributed by atoms with Gasteiger partial charge >= 0.3 is 6.18 Å². The molecule has 5 rings (SSSR count). The van der Waals surface area contributed by atoms with Crippen molar-refractivity contribution in [2.45, 2.75) is 19.6 Å². The Morgan fingerprint density at radius 1 is 1.03 bits per heavy atom. The van der Waals surface area contributed by atoms with Crippen molar-refractivity contribution in [1.82, 2.24) is 24.7 Å². The number of H-pyrrole nitrogens is 1. The van der Waals surface area contributed by atoms with Gasteiger partial charge in [-0.25, -0.2) is 9.97 Å². The maximum Gasteiger partial charge on any atom is 0.417 e. The molecule has 3 heterocycles. The average molecular weight is 493 g/mol. The average Bonchev–Trinajstić information content (AvgIpc) is 3.40. The van der Waals surface area contributed by atoms with E-state index in [-0.39, 0.29) is 5.88 Å². The lowest BCUT2D eigenvalue weighted by atomic mass is 10.2. The van der Waals surface area contributed by atoms with Gasteiger partial charge < -0.3 is 19.9 Å². The molecule has 0 saturated carbocycles. The van der Waals surface area contributed by atoms with E-state index >= 15 is 0 Å². The Labute approximate surface area is 204 Å². The summed E-state index contributed by atoms with van der Waals surface area (Å²) < 4.78 is 45.5. The fourth-order valence-electron chi connectivity index (χ4n) is 3.64. The smallest absolute Gasteiger partial charge is 0.417 e. The van der Waals surface area contributed by atoms with Crippen LogP contribution in [0, 0.1) is 6.92 Å². The molecule has 0 saturated heterocycles. The zero-order valence-corrected chi connectivity index (χ0v) is 19.4. The largest absolute Gasteiger partial charge is 0.439 e. The van der Waals surface area contributed by atoms with Gasteiger partial charge in [0.15, 0.2) is 5.82 Å². The number of aromatic amines is 1. The lowest BCUT2D eigenvalue weighted by molar-refractivity contribution is -0.137. The van der Waals surface area contributed by atoms with Gasteiger partial charge in [0.1, 0.15) is 5.75 Å². The second-order valence-electron chi connectivity index (χ2n) is 8.24. The molecular weight excluding hydrogens is 471 g/mol. The van der Waals surface area contributed by atoms with Crippen LogP contribution in [-0.4, -0.2) is 24.7 Å². The zero-order valence-electron chi connectivity index (χ0n) is 19.4. The van der Waals surface area contributed by atoms with Crippen molar-refractivity contribution in [2.24, 2.45) is 7.05 Å². The highest BCUT2D eigenvalue weighted by atomic mass is 19.4. The number of alkyl halides is 3. The molecule has 2 aromatic carbocycles. The van der Waals surface area contributed by atoms with E-state index in [9.17, 15) is 13.2 Å². The van der Waals surface area contributed by atoms with E-state index in [0.29, 0.717) is 18.2 Å². The maximum atomic E-state index is 12.7. The number of anilines is 3. The second kappa shape index (κ2) is 9.25. The van der Waals surface area contributed by atoms with Crippen molar-refractivity contribution in [3.8, 4) is 11.6 Å². The molecular formula is C25H22F3N7O. The van der Waals surface area contributed by atoms with Gasteiger partial charge in [-0.2, -0.15) is 18.3 Å². The molecule has 36 heavy (non-hydrogen) atoms. The number of nitrogens with zero attached hydrogens (tertiary/aromatic N) is 4. The first-order chi connectivity index (χ1) is 17.2. The fourth-order valence-corrected chi connectivity index (χ4v) is 3.64. The summed E-state index contributed by atoms with van der Waals surface area (Å²) in [5, 5.41) is 13.7. The number of pyridine rings is 1. The first kappa shape index (κ1) is 23.2. The number of hydrogen-bond acceptors (Lipinski definition) is 6. The van der Waals surface area contributed by atoms with Crippen LogP contribution in [0.1, 0.15) is 16.8 Å². The third-order valence-electron chi connectivity index (χ3n) is 5.52. The number of benzene rings is 2. The van der Waals surface area contributed by atoms with Crippen LogP contribution in [0.25, 0.3) is 11.0 Å². The first-order valence-electron chi connectivity index (χ1n) is 11.0. The fraction of sp³-hybridized carbons (Fsp3) is 0.160. The van der Waals surface area contributed by atoms with Gasteiger partial charge in [0.25, 0.3) is 0 Å². The Kier molecular flexibility index (Phi) is 5.96. The Hall–Kier alpha value is -4.54. The standard InChI is InChI=1S/C25H22F3N7O/c1-15-11-22(34-33-15)31-18-6-9-20-21(12-18)35(2)24(32-20)30-13-16-3-7-19(8-4-16)36-23-10-5-17(14-29-23)25(26,27)28/h3-12,14H,13H2,1-2H3,(H,30,32)(H2,31,33,34). The van der Waals surface area contributed by atoms with Gasteiger partial charge in [-0.1, -0.05) is 12.1 Å². The van der Waals surface area contributed by atoms with E-state index in [4.69, 9.17) is 4.74 Å². The number of aryl methyl sites for hydroxylation is 2. The number of nitrogens with one attached hydrogen (secondary N) is 3. The van der Waals surface area contributed by atoms with Crippen molar-refractivity contribution in [3.05, 3.63) is 83.7 Å². The molecule has 0 aliphatic carbocycles. The van der Waals surface area contributed by atoms with Crippen molar-refractivity contribution in [3.63, 3.8) is 0 Å². The second-order valence-corrected chi connectivity index (χ2v) is 8.24. The molecule has 0 aliphatic rings. The Morgan fingerprint density at radius 3 is 2.50 bits per heavy atom. The van der Waals surface area contributed by atoms with Gasteiger partial charge in [-0.05, 0) is 48.9 Å². The lowest BCUT2D eigenvalue weighted by Gasteiger charge is -2.09. The molecule has 0 amide bonds. The number of fused-ring (bicyclic) bond motifs is 1. The predicted molar refractivity (Wildman–Crippen MR) is 130 cm³/mol. The normalized spacial score (nSPS) is 11.6. The van der Waals surface area contributed by atoms with Crippen LogP contribution in [0.3, 0.4) is 0 Å². The number of rotatable bonds is 7. The molecule has 0 aliphatic heterocycles. The summed E-state index contributed by atoms with van der Waals surface area (Å²) in [6.45, 7) is 2.46.